The Balaban J connectivity index is 2.42. The average Bonchev–Trinajstić information content (AvgIpc) is 2.51. The van der Waals surface area contributed by atoms with E-state index in [9.17, 15) is 8.42 Å². The van der Waals surface area contributed by atoms with E-state index in [4.69, 9.17) is 16.3 Å². The molecule has 6 nitrogen and oxygen atoms in total. The summed E-state index contributed by atoms with van der Waals surface area (Å²) in [5.74, 6) is 1.38. The molecule has 0 bridgehead atoms. The smallest absolute Gasteiger partial charge is 0.191 e. The van der Waals surface area contributed by atoms with Gasteiger partial charge in [-0.25, -0.2) is 8.42 Å². The molecule has 2 atom stereocenters. The third kappa shape index (κ3) is 8.40. The van der Waals surface area contributed by atoms with Crippen molar-refractivity contribution in [3.8, 4) is 5.75 Å². The Morgan fingerprint density at radius 3 is 2.58 bits per heavy atom. The van der Waals surface area contributed by atoms with Gasteiger partial charge in [-0.15, -0.1) is 0 Å². The standard InChI is InChI=1S/C16H26ClN3O3S/c1-12(9-10-24(4,21)22)20-16(18-3)19-11-13(2)23-15-8-6-5-7-14(15)17/h5-8,12-13H,9-11H2,1-4H3,(H2,18,19,20). The number of para-hydroxylation sites is 1. The van der Waals surface area contributed by atoms with E-state index in [1.165, 1.54) is 6.26 Å². The van der Waals surface area contributed by atoms with Gasteiger partial charge in [-0.3, -0.25) is 4.99 Å². The molecular weight excluding hydrogens is 350 g/mol. The highest BCUT2D eigenvalue weighted by molar-refractivity contribution is 7.90. The number of ether oxygens (including phenoxy) is 1. The predicted molar refractivity (Wildman–Crippen MR) is 99.8 cm³/mol. The Labute approximate surface area is 149 Å². The van der Waals surface area contributed by atoms with Gasteiger partial charge in [0.15, 0.2) is 5.96 Å². The lowest BCUT2D eigenvalue weighted by molar-refractivity contribution is 0.224. The molecule has 1 aromatic carbocycles. The summed E-state index contributed by atoms with van der Waals surface area (Å²) in [5.41, 5.74) is 0. The van der Waals surface area contributed by atoms with Crippen LogP contribution >= 0.6 is 11.6 Å². The Morgan fingerprint density at radius 2 is 2.00 bits per heavy atom. The number of hydrogen-bond acceptors (Lipinski definition) is 4. The van der Waals surface area contributed by atoms with Crippen molar-refractivity contribution in [3.05, 3.63) is 29.3 Å². The summed E-state index contributed by atoms with van der Waals surface area (Å²) in [6.45, 7) is 4.38. The zero-order valence-electron chi connectivity index (χ0n) is 14.5. The van der Waals surface area contributed by atoms with Crippen LogP contribution < -0.4 is 15.4 Å². The molecule has 0 aliphatic carbocycles. The number of nitrogens with zero attached hydrogens (tertiary/aromatic N) is 1. The van der Waals surface area contributed by atoms with Gasteiger partial charge in [0, 0.05) is 19.3 Å². The van der Waals surface area contributed by atoms with Gasteiger partial charge in [0.2, 0.25) is 0 Å². The molecule has 0 saturated heterocycles. The van der Waals surface area contributed by atoms with Crippen molar-refractivity contribution in [2.24, 2.45) is 4.99 Å². The van der Waals surface area contributed by atoms with E-state index >= 15 is 0 Å². The van der Waals surface area contributed by atoms with Crippen LogP contribution in [0.1, 0.15) is 20.3 Å². The summed E-state index contributed by atoms with van der Waals surface area (Å²) in [7, 11) is -1.29. The van der Waals surface area contributed by atoms with E-state index in [0.717, 1.165) is 0 Å². The number of hydrogen-bond donors (Lipinski definition) is 2. The molecule has 24 heavy (non-hydrogen) atoms. The van der Waals surface area contributed by atoms with E-state index in [2.05, 4.69) is 15.6 Å². The van der Waals surface area contributed by atoms with Crippen molar-refractivity contribution >= 4 is 27.4 Å². The summed E-state index contributed by atoms with van der Waals surface area (Å²) < 4.78 is 28.2. The van der Waals surface area contributed by atoms with Crippen molar-refractivity contribution in [3.63, 3.8) is 0 Å². The Morgan fingerprint density at radius 1 is 1.33 bits per heavy atom. The van der Waals surface area contributed by atoms with Gasteiger partial charge in [0.05, 0.1) is 17.3 Å². The van der Waals surface area contributed by atoms with Gasteiger partial charge >= 0.3 is 0 Å². The fraction of sp³-hybridized carbons (Fsp3) is 0.562. The number of nitrogens with one attached hydrogen (secondary N) is 2. The van der Waals surface area contributed by atoms with E-state index in [-0.39, 0.29) is 17.9 Å². The minimum Gasteiger partial charge on any atom is -0.487 e. The topological polar surface area (TPSA) is 79.8 Å². The van der Waals surface area contributed by atoms with Crippen LogP contribution in [-0.2, 0) is 9.84 Å². The number of aliphatic imine (C=N–C) groups is 1. The molecule has 0 spiro atoms. The Bertz CT molecular complexity index is 650. The highest BCUT2D eigenvalue weighted by Crippen LogP contribution is 2.23. The second kappa shape index (κ2) is 9.74. The first-order valence-electron chi connectivity index (χ1n) is 7.77. The van der Waals surface area contributed by atoms with Crippen molar-refractivity contribution in [1.82, 2.24) is 10.6 Å². The van der Waals surface area contributed by atoms with Crippen LogP contribution in [0.15, 0.2) is 29.3 Å². The normalized spacial score (nSPS) is 14.8. The first-order chi connectivity index (χ1) is 11.2. The van der Waals surface area contributed by atoms with Gasteiger partial charge in [-0.05, 0) is 32.4 Å². The second-order valence-electron chi connectivity index (χ2n) is 5.78. The van der Waals surface area contributed by atoms with Crippen LogP contribution in [0.25, 0.3) is 0 Å². The lowest BCUT2D eigenvalue weighted by Crippen LogP contribution is -2.45. The number of rotatable bonds is 8. The molecule has 0 aliphatic heterocycles. The average molecular weight is 376 g/mol. The van der Waals surface area contributed by atoms with Crippen LogP contribution in [0.5, 0.6) is 5.75 Å². The fourth-order valence-corrected chi connectivity index (χ4v) is 2.89. The molecule has 8 heteroatoms. The zero-order chi connectivity index (χ0) is 18.2. The summed E-state index contributed by atoms with van der Waals surface area (Å²) in [6.07, 6.45) is 1.64. The van der Waals surface area contributed by atoms with Crippen molar-refractivity contribution in [2.45, 2.75) is 32.4 Å². The van der Waals surface area contributed by atoms with E-state index < -0.39 is 9.84 Å². The summed E-state index contributed by atoms with van der Waals surface area (Å²) in [5, 5.41) is 6.89. The number of halogens is 1. The lowest BCUT2D eigenvalue weighted by Gasteiger charge is -2.20. The molecule has 2 unspecified atom stereocenters. The van der Waals surface area contributed by atoms with E-state index in [1.807, 2.05) is 32.0 Å². The molecule has 0 fully saturated rings. The molecule has 136 valence electrons. The van der Waals surface area contributed by atoms with Gasteiger partial charge in [0.1, 0.15) is 21.7 Å². The zero-order valence-corrected chi connectivity index (χ0v) is 16.1. The van der Waals surface area contributed by atoms with Crippen molar-refractivity contribution in [2.75, 3.05) is 25.6 Å². The van der Waals surface area contributed by atoms with Crippen LogP contribution in [0.2, 0.25) is 5.02 Å². The van der Waals surface area contributed by atoms with Crippen molar-refractivity contribution < 1.29 is 13.2 Å². The first-order valence-corrected chi connectivity index (χ1v) is 10.2. The molecule has 2 N–H and O–H groups in total. The number of sulfone groups is 1. The molecule has 1 aromatic rings. The Kier molecular flexibility index (Phi) is 8.35. The van der Waals surface area contributed by atoms with Gasteiger partial charge in [-0.2, -0.15) is 0 Å². The van der Waals surface area contributed by atoms with E-state index in [1.54, 1.807) is 13.1 Å². The monoisotopic (exact) mass is 375 g/mol. The maximum Gasteiger partial charge on any atom is 0.191 e. The van der Waals surface area contributed by atoms with Crippen LogP contribution in [-0.4, -0.2) is 52.1 Å². The fourth-order valence-electron chi connectivity index (χ4n) is 1.93. The van der Waals surface area contributed by atoms with Crippen molar-refractivity contribution in [1.29, 1.82) is 0 Å². The maximum atomic E-state index is 11.2. The quantitative estimate of drug-likeness (QED) is 0.537. The van der Waals surface area contributed by atoms with Gasteiger partial charge < -0.3 is 15.4 Å². The maximum absolute atomic E-state index is 11.2. The molecule has 0 amide bonds. The Hall–Kier alpha value is -1.47. The third-order valence-corrected chi connectivity index (χ3v) is 4.54. The number of guanidine groups is 1. The van der Waals surface area contributed by atoms with Crippen LogP contribution in [0.3, 0.4) is 0 Å². The molecule has 0 radical (unpaired) electrons. The summed E-state index contributed by atoms with van der Waals surface area (Å²) in [4.78, 5) is 4.13. The SMILES string of the molecule is CN=C(NCC(C)Oc1ccccc1Cl)NC(C)CCS(C)(=O)=O. The van der Waals surface area contributed by atoms with E-state index in [0.29, 0.717) is 29.7 Å². The molecule has 0 saturated carbocycles. The van der Waals surface area contributed by atoms with Crippen LogP contribution in [0.4, 0.5) is 0 Å². The molecule has 0 heterocycles. The summed E-state index contributed by atoms with van der Waals surface area (Å²) in [6, 6.07) is 7.30. The molecule has 0 aromatic heterocycles. The molecule has 1 rings (SSSR count). The highest BCUT2D eigenvalue weighted by atomic mass is 35.5. The minimum absolute atomic E-state index is 0.00860. The van der Waals surface area contributed by atoms with Gasteiger partial charge in [-0.1, -0.05) is 23.7 Å². The van der Waals surface area contributed by atoms with Crippen LogP contribution in [0, 0.1) is 0 Å². The first kappa shape index (κ1) is 20.6. The second-order valence-corrected chi connectivity index (χ2v) is 8.44. The third-order valence-electron chi connectivity index (χ3n) is 3.25. The highest BCUT2D eigenvalue weighted by Gasteiger charge is 2.11. The molecule has 0 aliphatic rings. The largest absolute Gasteiger partial charge is 0.487 e. The number of benzene rings is 1. The van der Waals surface area contributed by atoms with Gasteiger partial charge in [0.25, 0.3) is 0 Å². The molecular formula is C16H26ClN3O3S. The lowest BCUT2D eigenvalue weighted by atomic mass is 10.3. The predicted octanol–water partition coefficient (Wildman–Crippen LogP) is 2.10. The minimum atomic E-state index is -2.96. The summed E-state index contributed by atoms with van der Waals surface area (Å²) >= 11 is 6.07.